The van der Waals surface area contributed by atoms with E-state index in [2.05, 4.69) is 23.1 Å². The van der Waals surface area contributed by atoms with E-state index in [1.54, 1.807) is 0 Å². The van der Waals surface area contributed by atoms with Crippen molar-refractivity contribution in [3.8, 4) is 6.07 Å². The third-order valence-electron chi connectivity index (χ3n) is 4.27. The van der Waals surface area contributed by atoms with Crippen LogP contribution in [-0.4, -0.2) is 27.8 Å². The second kappa shape index (κ2) is 7.26. The van der Waals surface area contributed by atoms with Crippen molar-refractivity contribution in [1.29, 1.82) is 5.26 Å². The van der Waals surface area contributed by atoms with Gasteiger partial charge in [-0.1, -0.05) is 24.3 Å². The second-order valence-corrected chi connectivity index (χ2v) is 7.76. The number of hydrogen-bond donors (Lipinski definition) is 0. The third-order valence-corrected chi connectivity index (χ3v) is 4.87. The lowest BCUT2D eigenvalue weighted by Crippen LogP contribution is -2.21. The molecular weight excluding hydrogens is 336 g/mol. The molecule has 2 aromatic rings. The van der Waals surface area contributed by atoms with Gasteiger partial charge in [0, 0.05) is 17.9 Å². The van der Waals surface area contributed by atoms with Crippen molar-refractivity contribution in [2.45, 2.75) is 19.3 Å². The van der Waals surface area contributed by atoms with Crippen LogP contribution in [0.3, 0.4) is 0 Å². The molecule has 5 nitrogen and oxygen atoms in total. The van der Waals surface area contributed by atoms with E-state index in [-0.39, 0.29) is 6.61 Å². The summed E-state index contributed by atoms with van der Waals surface area (Å²) in [5.41, 5.74) is 5.19. The topological polar surface area (TPSA) is 70.4 Å². The van der Waals surface area contributed by atoms with Crippen molar-refractivity contribution >= 4 is 21.5 Å². The zero-order valence-electron chi connectivity index (χ0n) is 14.1. The van der Waals surface area contributed by atoms with Gasteiger partial charge in [-0.05, 0) is 48.6 Å². The highest BCUT2D eigenvalue weighted by Gasteiger charge is 2.20. The molecule has 0 N–H and O–H groups in total. The minimum Gasteiger partial charge on any atom is -0.341 e. The first-order chi connectivity index (χ1) is 12.0. The molecule has 0 unspecified atom stereocenters. The molecular formula is C19H20N2O3S. The number of hydrogen-bond acceptors (Lipinski definition) is 5. The van der Waals surface area contributed by atoms with Gasteiger partial charge in [-0.25, -0.2) is 0 Å². The number of nitrogens with zero attached hydrogens (tertiary/aromatic N) is 2. The molecule has 0 amide bonds. The molecule has 1 aliphatic heterocycles. The quantitative estimate of drug-likeness (QED) is 0.608. The van der Waals surface area contributed by atoms with Crippen molar-refractivity contribution in [1.82, 2.24) is 0 Å². The predicted molar refractivity (Wildman–Crippen MR) is 97.4 cm³/mol. The van der Waals surface area contributed by atoms with Crippen LogP contribution in [0.15, 0.2) is 42.5 Å². The van der Waals surface area contributed by atoms with Gasteiger partial charge in [0.05, 0.1) is 24.5 Å². The summed E-state index contributed by atoms with van der Waals surface area (Å²) in [5, 5.41) is 9.24. The first kappa shape index (κ1) is 17.5. The van der Waals surface area contributed by atoms with Crippen LogP contribution in [0.1, 0.15) is 23.1 Å². The van der Waals surface area contributed by atoms with E-state index >= 15 is 0 Å². The zero-order valence-corrected chi connectivity index (χ0v) is 14.9. The highest BCUT2D eigenvalue weighted by Crippen LogP contribution is 2.36. The van der Waals surface area contributed by atoms with Crippen molar-refractivity contribution in [2.75, 3.05) is 24.3 Å². The fourth-order valence-corrected chi connectivity index (χ4v) is 3.58. The number of fused-ring (bicyclic) bond motifs is 2. The number of nitriles is 1. The van der Waals surface area contributed by atoms with Crippen LogP contribution in [0.4, 0.5) is 11.4 Å². The summed E-state index contributed by atoms with van der Waals surface area (Å²) in [4.78, 5) is 2.17. The molecule has 0 bridgehead atoms. The Bertz CT molecular complexity index is 917. The van der Waals surface area contributed by atoms with E-state index in [4.69, 9.17) is 4.18 Å². The Morgan fingerprint density at radius 1 is 1.12 bits per heavy atom. The highest BCUT2D eigenvalue weighted by atomic mass is 32.2. The smallest absolute Gasteiger partial charge is 0.264 e. The normalized spacial score (nSPS) is 13.5. The predicted octanol–water partition coefficient (Wildman–Crippen LogP) is 3.16. The maximum absolute atomic E-state index is 11.1. The molecule has 3 rings (SSSR count). The number of para-hydroxylation sites is 1. The summed E-state index contributed by atoms with van der Waals surface area (Å²) in [6.07, 6.45) is 3.47. The van der Waals surface area contributed by atoms with Gasteiger partial charge in [-0.2, -0.15) is 13.7 Å². The first-order valence-electron chi connectivity index (χ1n) is 8.21. The van der Waals surface area contributed by atoms with Gasteiger partial charge >= 0.3 is 0 Å². The molecule has 0 radical (unpaired) electrons. The van der Waals surface area contributed by atoms with Crippen LogP contribution in [0.25, 0.3) is 0 Å². The minimum absolute atomic E-state index is 0.144. The average Bonchev–Trinajstić information content (AvgIpc) is 2.74. The van der Waals surface area contributed by atoms with Gasteiger partial charge in [0.1, 0.15) is 0 Å². The molecule has 1 heterocycles. The molecule has 0 aromatic heterocycles. The summed E-state index contributed by atoms with van der Waals surface area (Å²) in [6, 6.07) is 16.2. The lowest BCUT2D eigenvalue weighted by atomic mass is 10.0. The SMILES string of the molecule is CS(=O)(=O)OCCCN1c2ccccc2CCc2ccc(C#N)cc21. The van der Waals surface area contributed by atoms with Crippen LogP contribution in [-0.2, 0) is 27.1 Å². The fourth-order valence-electron chi connectivity index (χ4n) is 3.15. The molecule has 0 aliphatic carbocycles. The molecule has 0 atom stereocenters. The van der Waals surface area contributed by atoms with Gasteiger partial charge < -0.3 is 4.90 Å². The summed E-state index contributed by atoms with van der Waals surface area (Å²) in [5.74, 6) is 0. The first-order valence-corrected chi connectivity index (χ1v) is 10.0. The average molecular weight is 356 g/mol. The van der Waals surface area contributed by atoms with Crippen molar-refractivity contribution in [3.63, 3.8) is 0 Å². The number of aryl methyl sites for hydroxylation is 2. The largest absolute Gasteiger partial charge is 0.341 e. The Morgan fingerprint density at radius 3 is 2.56 bits per heavy atom. The highest BCUT2D eigenvalue weighted by molar-refractivity contribution is 7.85. The Labute approximate surface area is 148 Å². The number of benzene rings is 2. The van der Waals surface area contributed by atoms with E-state index < -0.39 is 10.1 Å². The molecule has 0 spiro atoms. The maximum atomic E-state index is 11.1. The standard InChI is InChI=1S/C19H20N2O3S/c1-25(22,23)24-12-4-11-21-18-6-3-2-5-16(18)9-10-17-8-7-15(14-20)13-19(17)21/h2-3,5-8,13H,4,9-12H2,1H3. The monoisotopic (exact) mass is 356 g/mol. The van der Waals surface area contributed by atoms with Crippen molar-refractivity contribution < 1.29 is 12.6 Å². The molecule has 130 valence electrons. The van der Waals surface area contributed by atoms with Crippen molar-refractivity contribution in [3.05, 3.63) is 59.2 Å². The van der Waals surface area contributed by atoms with E-state index in [0.29, 0.717) is 18.5 Å². The molecule has 6 heteroatoms. The number of rotatable bonds is 5. The van der Waals surface area contributed by atoms with Crippen LogP contribution < -0.4 is 4.90 Å². The second-order valence-electron chi connectivity index (χ2n) is 6.12. The van der Waals surface area contributed by atoms with E-state index in [1.165, 1.54) is 11.1 Å². The van der Waals surface area contributed by atoms with Gasteiger partial charge in [0.15, 0.2) is 0 Å². The molecule has 1 aliphatic rings. The Hall–Kier alpha value is -2.36. The summed E-state index contributed by atoms with van der Waals surface area (Å²) >= 11 is 0. The van der Waals surface area contributed by atoms with Crippen molar-refractivity contribution in [2.24, 2.45) is 0 Å². The van der Waals surface area contributed by atoms with Gasteiger partial charge in [-0.3, -0.25) is 4.18 Å². The van der Waals surface area contributed by atoms with Crippen LogP contribution in [0, 0.1) is 11.3 Å². The van der Waals surface area contributed by atoms with Crippen LogP contribution >= 0.6 is 0 Å². The Kier molecular flexibility index (Phi) is 5.07. The molecule has 25 heavy (non-hydrogen) atoms. The summed E-state index contributed by atoms with van der Waals surface area (Å²) in [7, 11) is -3.43. The molecule has 0 saturated carbocycles. The van der Waals surface area contributed by atoms with Gasteiger partial charge in [-0.15, -0.1) is 0 Å². The zero-order chi connectivity index (χ0) is 17.9. The summed E-state index contributed by atoms with van der Waals surface area (Å²) in [6.45, 7) is 0.763. The fraction of sp³-hybridized carbons (Fsp3) is 0.316. The lowest BCUT2D eigenvalue weighted by Gasteiger charge is -2.27. The lowest BCUT2D eigenvalue weighted by molar-refractivity contribution is 0.318. The minimum atomic E-state index is -3.43. The van der Waals surface area contributed by atoms with Gasteiger partial charge in [0.25, 0.3) is 10.1 Å². The van der Waals surface area contributed by atoms with E-state index in [1.807, 2.05) is 30.3 Å². The van der Waals surface area contributed by atoms with Crippen LogP contribution in [0.5, 0.6) is 0 Å². The van der Waals surface area contributed by atoms with Gasteiger partial charge in [0.2, 0.25) is 0 Å². The van der Waals surface area contributed by atoms with E-state index in [0.717, 1.165) is 30.5 Å². The molecule has 0 saturated heterocycles. The number of anilines is 2. The molecule has 0 fully saturated rings. The third kappa shape index (κ3) is 4.19. The maximum Gasteiger partial charge on any atom is 0.264 e. The molecule has 2 aromatic carbocycles. The Balaban J connectivity index is 1.92. The van der Waals surface area contributed by atoms with E-state index in [9.17, 15) is 13.7 Å². The Morgan fingerprint density at radius 2 is 1.84 bits per heavy atom. The summed E-state index contributed by atoms with van der Waals surface area (Å²) < 4.78 is 27.2. The van der Waals surface area contributed by atoms with Crippen LogP contribution in [0.2, 0.25) is 0 Å².